The van der Waals surface area contributed by atoms with E-state index in [1.807, 2.05) is 0 Å². The summed E-state index contributed by atoms with van der Waals surface area (Å²) in [5, 5.41) is 12.8. The lowest BCUT2D eigenvalue weighted by atomic mass is 10.0. The van der Waals surface area contributed by atoms with Gasteiger partial charge < -0.3 is 15.4 Å². The first-order chi connectivity index (χ1) is 9.60. The van der Waals surface area contributed by atoms with Gasteiger partial charge in [0, 0.05) is 35.8 Å². The smallest absolute Gasteiger partial charge is 0.266 e. The fraction of sp³-hybridized carbons (Fsp3) is 0.231. The van der Waals surface area contributed by atoms with E-state index in [1.165, 1.54) is 6.92 Å². The third-order valence-electron chi connectivity index (χ3n) is 3.28. The Hall–Kier alpha value is -2.38. The zero-order valence-corrected chi connectivity index (χ0v) is 10.8. The number of hydrogen-bond acceptors (Lipinski definition) is 4. The Morgan fingerprint density at radius 3 is 2.95 bits per heavy atom. The normalized spacial score (nSPS) is 14.0. The van der Waals surface area contributed by atoms with Gasteiger partial charge in [0.1, 0.15) is 0 Å². The van der Waals surface area contributed by atoms with Crippen molar-refractivity contribution >= 4 is 28.4 Å². The minimum atomic E-state index is -0.274. The average molecular weight is 274 g/mol. The van der Waals surface area contributed by atoms with Crippen LogP contribution in [0.3, 0.4) is 0 Å². The van der Waals surface area contributed by atoms with Crippen LogP contribution in [0.5, 0.6) is 0 Å². The molecule has 0 spiro atoms. The summed E-state index contributed by atoms with van der Waals surface area (Å²) in [6.07, 6.45) is 0. The average Bonchev–Trinajstić information content (AvgIpc) is 2.65. The molecule has 5 N–H and O–H groups in total. The molecule has 2 heterocycles. The molecule has 1 aliphatic rings. The molecule has 0 fully saturated rings. The Bertz CT molecular complexity index is 720. The number of aromatic nitrogens is 1. The Labute approximate surface area is 114 Å². The van der Waals surface area contributed by atoms with Gasteiger partial charge >= 0.3 is 0 Å². The number of aromatic amines is 1. The van der Waals surface area contributed by atoms with Gasteiger partial charge in [-0.15, -0.1) is 0 Å². The van der Waals surface area contributed by atoms with Crippen LogP contribution in [0.4, 0.5) is 5.69 Å². The second-order valence-electron chi connectivity index (χ2n) is 4.68. The number of rotatable bonds is 2. The number of aliphatic hydroxyl groups excluding tert-OH is 1. The number of carbonyl (C=O) groups excluding carboxylic acids is 2. The van der Waals surface area contributed by atoms with Gasteiger partial charge in [-0.05, 0) is 17.7 Å². The van der Waals surface area contributed by atoms with Crippen molar-refractivity contribution in [2.75, 3.05) is 5.32 Å². The van der Waals surface area contributed by atoms with Crippen molar-refractivity contribution in [3.63, 3.8) is 0 Å². The second-order valence-corrected chi connectivity index (χ2v) is 4.68. The molecule has 0 radical (unpaired) electrons. The van der Waals surface area contributed by atoms with Crippen LogP contribution in [0.25, 0.3) is 10.9 Å². The number of hydrazine groups is 1. The lowest BCUT2D eigenvalue weighted by Gasteiger charge is -2.07. The number of benzene rings is 1. The summed E-state index contributed by atoms with van der Waals surface area (Å²) >= 11 is 0. The van der Waals surface area contributed by atoms with Crippen LogP contribution in [-0.4, -0.2) is 21.9 Å². The molecule has 1 aliphatic heterocycles. The third kappa shape index (κ3) is 1.93. The molecule has 1 aromatic carbocycles. The maximum Gasteiger partial charge on any atom is 0.266 e. The van der Waals surface area contributed by atoms with Gasteiger partial charge in [-0.3, -0.25) is 15.0 Å². The predicted octanol–water partition coefficient (Wildman–Crippen LogP) is 0.367. The van der Waals surface area contributed by atoms with Crippen LogP contribution in [0.15, 0.2) is 12.1 Å². The molecular weight excluding hydrogens is 260 g/mol. The summed E-state index contributed by atoms with van der Waals surface area (Å²) in [6, 6.07) is 3.38. The van der Waals surface area contributed by atoms with E-state index >= 15 is 0 Å². The number of carbonyl (C=O) groups is 2. The van der Waals surface area contributed by atoms with Crippen LogP contribution in [-0.2, 0) is 17.9 Å². The van der Waals surface area contributed by atoms with Crippen LogP contribution in [0, 0.1) is 0 Å². The molecule has 0 atom stereocenters. The first-order valence-electron chi connectivity index (χ1n) is 6.19. The van der Waals surface area contributed by atoms with E-state index in [-0.39, 0.29) is 18.4 Å². The van der Waals surface area contributed by atoms with E-state index < -0.39 is 0 Å². The standard InChI is InChI=1S/C13H14N4O3/c1-6(19)15-7-2-8-12-9(4-14-17-13(8)20)11(5-18)16-10(12)3-7/h2-3,14,16,18H,4-5H2,1H3,(H,15,19)(H,17,20). The largest absolute Gasteiger partial charge is 0.390 e. The van der Waals surface area contributed by atoms with Crippen LogP contribution >= 0.6 is 0 Å². The van der Waals surface area contributed by atoms with Crippen LogP contribution < -0.4 is 16.2 Å². The third-order valence-corrected chi connectivity index (χ3v) is 3.28. The lowest BCUT2D eigenvalue weighted by Crippen LogP contribution is -2.35. The molecule has 2 amide bonds. The van der Waals surface area contributed by atoms with Gasteiger partial charge in [0.2, 0.25) is 5.91 Å². The molecule has 1 aromatic heterocycles. The summed E-state index contributed by atoms with van der Waals surface area (Å²) in [5.74, 6) is -0.484. The monoisotopic (exact) mass is 274 g/mol. The minimum Gasteiger partial charge on any atom is -0.390 e. The second kappa shape index (κ2) is 4.62. The van der Waals surface area contributed by atoms with Crippen molar-refractivity contribution in [1.29, 1.82) is 0 Å². The Morgan fingerprint density at radius 1 is 1.45 bits per heavy atom. The highest BCUT2D eigenvalue weighted by molar-refractivity contribution is 6.10. The van der Waals surface area contributed by atoms with Gasteiger partial charge in [0.15, 0.2) is 0 Å². The Balaban J connectivity index is 2.28. The molecule has 0 unspecified atom stereocenters. The first-order valence-corrected chi connectivity index (χ1v) is 6.19. The minimum absolute atomic E-state index is 0.144. The molecular formula is C13H14N4O3. The highest BCUT2D eigenvalue weighted by atomic mass is 16.3. The number of hydrogen-bond donors (Lipinski definition) is 5. The molecule has 0 aliphatic carbocycles. The number of H-pyrrole nitrogens is 1. The SMILES string of the molecule is CC(=O)Nc1cc2c3c(c(CO)[nH]c3c1)CNNC2=O. The molecule has 7 nitrogen and oxygen atoms in total. The molecule has 0 bridgehead atoms. The first kappa shape index (κ1) is 12.6. The molecule has 104 valence electrons. The van der Waals surface area contributed by atoms with E-state index in [0.29, 0.717) is 29.0 Å². The maximum atomic E-state index is 12.1. The van der Waals surface area contributed by atoms with E-state index in [4.69, 9.17) is 0 Å². The summed E-state index contributed by atoms with van der Waals surface area (Å²) in [4.78, 5) is 26.3. The van der Waals surface area contributed by atoms with E-state index in [1.54, 1.807) is 12.1 Å². The van der Waals surface area contributed by atoms with Crippen LogP contribution in [0.2, 0.25) is 0 Å². The van der Waals surface area contributed by atoms with Gasteiger partial charge in [0.05, 0.1) is 12.2 Å². The lowest BCUT2D eigenvalue weighted by molar-refractivity contribution is -0.114. The van der Waals surface area contributed by atoms with E-state index in [0.717, 1.165) is 10.9 Å². The molecule has 2 aromatic rings. The van der Waals surface area contributed by atoms with Crippen molar-refractivity contribution in [2.45, 2.75) is 20.1 Å². The molecule has 0 saturated carbocycles. The van der Waals surface area contributed by atoms with Crippen molar-refractivity contribution in [3.8, 4) is 0 Å². The summed E-state index contributed by atoms with van der Waals surface area (Å²) in [6.45, 7) is 1.69. The fourth-order valence-corrected chi connectivity index (χ4v) is 2.52. The Morgan fingerprint density at radius 2 is 2.25 bits per heavy atom. The van der Waals surface area contributed by atoms with Gasteiger partial charge in [-0.25, -0.2) is 5.43 Å². The van der Waals surface area contributed by atoms with Crippen molar-refractivity contribution < 1.29 is 14.7 Å². The van der Waals surface area contributed by atoms with E-state index in [2.05, 4.69) is 21.2 Å². The number of amides is 2. The fourth-order valence-electron chi connectivity index (χ4n) is 2.52. The summed E-state index contributed by atoms with van der Waals surface area (Å²) in [7, 11) is 0. The van der Waals surface area contributed by atoms with Crippen molar-refractivity contribution in [1.82, 2.24) is 15.8 Å². The highest BCUT2D eigenvalue weighted by Gasteiger charge is 2.22. The number of nitrogens with one attached hydrogen (secondary N) is 4. The zero-order chi connectivity index (χ0) is 14.3. The number of aliphatic hydroxyl groups is 1. The predicted molar refractivity (Wildman–Crippen MR) is 72.8 cm³/mol. The van der Waals surface area contributed by atoms with E-state index in [9.17, 15) is 14.7 Å². The molecule has 3 rings (SSSR count). The van der Waals surface area contributed by atoms with Crippen molar-refractivity contribution in [2.24, 2.45) is 0 Å². The number of anilines is 1. The molecule has 20 heavy (non-hydrogen) atoms. The maximum absolute atomic E-state index is 12.1. The van der Waals surface area contributed by atoms with Gasteiger partial charge in [-0.1, -0.05) is 0 Å². The van der Waals surface area contributed by atoms with Crippen LogP contribution in [0.1, 0.15) is 28.5 Å². The topological polar surface area (TPSA) is 106 Å². The summed E-state index contributed by atoms with van der Waals surface area (Å²) < 4.78 is 0. The molecule has 0 saturated heterocycles. The Kier molecular flexibility index (Phi) is 2.92. The zero-order valence-electron chi connectivity index (χ0n) is 10.8. The quantitative estimate of drug-likeness (QED) is 0.545. The van der Waals surface area contributed by atoms with Gasteiger partial charge in [0.25, 0.3) is 5.91 Å². The van der Waals surface area contributed by atoms with Crippen molar-refractivity contribution in [3.05, 3.63) is 29.0 Å². The van der Waals surface area contributed by atoms with Gasteiger partial charge in [-0.2, -0.15) is 0 Å². The summed E-state index contributed by atoms with van der Waals surface area (Å²) in [5.41, 5.74) is 8.60. The highest BCUT2D eigenvalue weighted by Crippen LogP contribution is 2.30. The molecule has 7 heteroatoms.